The summed E-state index contributed by atoms with van der Waals surface area (Å²) in [6.07, 6.45) is 1.46. The molecule has 0 heterocycles. The van der Waals surface area contributed by atoms with Crippen molar-refractivity contribution in [3.63, 3.8) is 0 Å². The third-order valence-corrected chi connectivity index (χ3v) is 4.43. The van der Waals surface area contributed by atoms with Crippen LogP contribution >= 0.6 is 0 Å². The average molecular weight is 237 g/mol. The van der Waals surface area contributed by atoms with Gasteiger partial charge in [-0.15, -0.1) is 0 Å². The lowest BCUT2D eigenvalue weighted by atomic mass is 10.0. The fourth-order valence-corrected chi connectivity index (χ4v) is 2.91. The zero-order valence-electron chi connectivity index (χ0n) is 9.90. The van der Waals surface area contributed by atoms with Gasteiger partial charge in [-0.1, -0.05) is 20.3 Å². The minimum Gasteiger partial charge on any atom is -0.385 e. The monoisotopic (exact) mass is 237 g/mol. The second kappa shape index (κ2) is 7.19. The summed E-state index contributed by atoms with van der Waals surface area (Å²) in [5.41, 5.74) is 5.81. The van der Waals surface area contributed by atoms with Gasteiger partial charge in [-0.25, -0.2) is 8.42 Å². The number of sulfone groups is 1. The number of methoxy groups -OCH3 is 1. The van der Waals surface area contributed by atoms with E-state index in [0.29, 0.717) is 13.0 Å². The highest BCUT2D eigenvalue weighted by molar-refractivity contribution is 7.91. The second-order valence-electron chi connectivity index (χ2n) is 4.01. The summed E-state index contributed by atoms with van der Waals surface area (Å²) in [5.74, 6) is 0.513. The zero-order valence-corrected chi connectivity index (χ0v) is 10.7. The maximum atomic E-state index is 11.6. The van der Waals surface area contributed by atoms with Gasteiger partial charge in [-0.3, -0.25) is 0 Å². The van der Waals surface area contributed by atoms with Crippen LogP contribution in [0.1, 0.15) is 26.7 Å². The summed E-state index contributed by atoms with van der Waals surface area (Å²) in [4.78, 5) is 0. The Bertz CT molecular complexity index is 251. The molecule has 0 rings (SSSR count). The van der Waals surface area contributed by atoms with Gasteiger partial charge in [0.2, 0.25) is 0 Å². The molecule has 0 aliphatic rings. The third-order valence-electron chi connectivity index (χ3n) is 2.63. The van der Waals surface area contributed by atoms with Gasteiger partial charge in [0.25, 0.3) is 0 Å². The molecule has 0 saturated carbocycles. The molecule has 4 nitrogen and oxygen atoms in total. The first-order valence-corrected chi connectivity index (χ1v) is 7.20. The van der Waals surface area contributed by atoms with Gasteiger partial charge in [0.1, 0.15) is 0 Å². The van der Waals surface area contributed by atoms with Crippen molar-refractivity contribution in [1.82, 2.24) is 0 Å². The summed E-state index contributed by atoms with van der Waals surface area (Å²) < 4.78 is 28.0. The summed E-state index contributed by atoms with van der Waals surface area (Å²) in [6.45, 7) is 4.48. The van der Waals surface area contributed by atoms with Crippen molar-refractivity contribution in [2.24, 2.45) is 11.7 Å². The van der Waals surface area contributed by atoms with Crippen LogP contribution < -0.4 is 5.73 Å². The van der Waals surface area contributed by atoms with E-state index in [-0.39, 0.29) is 23.5 Å². The van der Waals surface area contributed by atoms with Gasteiger partial charge >= 0.3 is 0 Å². The van der Waals surface area contributed by atoms with Gasteiger partial charge in [0, 0.05) is 19.8 Å². The first-order chi connectivity index (χ1) is 6.93. The molecular weight excluding hydrogens is 214 g/mol. The molecule has 0 aliphatic heterocycles. The molecule has 0 aliphatic carbocycles. The predicted octanol–water partition coefficient (Wildman–Crippen LogP) is 0.811. The minimum atomic E-state index is -3.01. The smallest absolute Gasteiger partial charge is 0.151 e. The fourth-order valence-electron chi connectivity index (χ4n) is 1.27. The van der Waals surface area contributed by atoms with Crippen molar-refractivity contribution in [2.75, 3.05) is 25.2 Å². The number of hydrogen-bond donors (Lipinski definition) is 1. The van der Waals surface area contributed by atoms with Crippen LogP contribution in [-0.4, -0.2) is 39.7 Å². The number of nitrogens with two attached hydrogens (primary N) is 1. The first-order valence-electron chi connectivity index (χ1n) is 5.38. The Hall–Kier alpha value is -0.130. The van der Waals surface area contributed by atoms with E-state index in [1.165, 1.54) is 0 Å². The largest absolute Gasteiger partial charge is 0.385 e. The van der Waals surface area contributed by atoms with Gasteiger partial charge < -0.3 is 10.5 Å². The molecule has 15 heavy (non-hydrogen) atoms. The van der Waals surface area contributed by atoms with Gasteiger partial charge in [-0.05, 0) is 12.3 Å². The molecule has 0 spiro atoms. The van der Waals surface area contributed by atoms with Gasteiger partial charge in [0.05, 0.1) is 11.5 Å². The molecule has 0 amide bonds. The Balaban J connectivity index is 4.02. The molecule has 0 radical (unpaired) electrons. The van der Waals surface area contributed by atoms with Crippen LogP contribution in [0, 0.1) is 5.92 Å². The highest BCUT2D eigenvalue weighted by Crippen LogP contribution is 2.08. The Kier molecular flexibility index (Phi) is 7.13. The van der Waals surface area contributed by atoms with E-state index >= 15 is 0 Å². The van der Waals surface area contributed by atoms with Crippen LogP contribution in [0.15, 0.2) is 0 Å². The Morgan fingerprint density at radius 2 is 2.00 bits per heavy atom. The molecule has 2 N–H and O–H groups in total. The molecule has 2 atom stereocenters. The van der Waals surface area contributed by atoms with Crippen molar-refractivity contribution in [1.29, 1.82) is 0 Å². The highest BCUT2D eigenvalue weighted by Gasteiger charge is 2.19. The zero-order chi connectivity index (χ0) is 11.9. The standard InChI is InChI=1S/C10H23NO3S/c1-4-9(2)10(11)8-15(12,13)7-5-6-14-3/h9-10H,4-8,11H2,1-3H3. The summed E-state index contributed by atoms with van der Waals surface area (Å²) in [5, 5.41) is 0. The normalized spacial score (nSPS) is 16.3. The minimum absolute atomic E-state index is 0.0890. The van der Waals surface area contributed by atoms with Crippen LogP contribution in [0.4, 0.5) is 0 Å². The Labute approximate surface area is 93.1 Å². The fraction of sp³-hybridized carbons (Fsp3) is 1.00. The lowest BCUT2D eigenvalue weighted by Gasteiger charge is -2.17. The quantitative estimate of drug-likeness (QED) is 0.634. The van der Waals surface area contributed by atoms with Crippen LogP contribution in [0.5, 0.6) is 0 Å². The molecule has 0 aromatic rings. The van der Waals surface area contributed by atoms with Crippen LogP contribution in [-0.2, 0) is 14.6 Å². The number of ether oxygens (including phenoxy) is 1. The maximum absolute atomic E-state index is 11.6. The summed E-state index contributed by atoms with van der Waals surface area (Å²) in [6, 6.07) is -0.248. The molecule has 0 fully saturated rings. The molecule has 0 aromatic heterocycles. The van der Waals surface area contributed by atoms with Crippen molar-refractivity contribution in [3.05, 3.63) is 0 Å². The van der Waals surface area contributed by atoms with E-state index < -0.39 is 9.84 Å². The highest BCUT2D eigenvalue weighted by atomic mass is 32.2. The van der Waals surface area contributed by atoms with Gasteiger partial charge in [-0.2, -0.15) is 0 Å². The molecular formula is C10H23NO3S. The first kappa shape index (κ1) is 14.9. The molecule has 0 aromatic carbocycles. The Morgan fingerprint density at radius 1 is 1.40 bits per heavy atom. The van der Waals surface area contributed by atoms with Crippen LogP contribution in [0.3, 0.4) is 0 Å². The molecule has 2 unspecified atom stereocenters. The lowest BCUT2D eigenvalue weighted by molar-refractivity contribution is 0.199. The van der Waals surface area contributed by atoms with Crippen molar-refractivity contribution in [2.45, 2.75) is 32.7 Å². The molecule has 0 saturated heterocycles. The van der Waals surface area contributed by atoms with E-state index in [2.05, 4.69) is 0 Å². The topological polar surface area (TPSA) is 69.4 Å². The lowest BCUT2D eigenvalue weighted by Crippen LogP contribution is -2.36. The number of rotatable bonds is 8. The predicted molar refractivity (Wildman–Crippen MR) is 62.6 cm³/mol. The van der Waals surface area contributed by atoms with Crippen molar-refractivity contribution >= 4 is 9.84 Å². The average Bonchev–Trinajstić information content (AvgIpc) is 2.16. The molecule has 92 valence electrons. The van der Waals surface area contributed by atoms with Crippen molar-refractivity contribution in [3.8, 4) is 0 Å². The summed E-state index contributed by atoms with van der Waals surface area (Å²) in [7, 11) is -1.45. The summed E-state index contributed by atoms with van der Waals surface area (Å²) >= 11 is 0. The van der Waals surface area contributed by atoms with E-state index in [9.17, 15) is 8.42 Å². The van der Waals surface area contributed by atoms with E-state index in [0.717, 1.165) is 6.42 Å². The van der Waals surface area contributed by atoms with Crippen molar-refractivity contribution < 1.29 is 13.2 Å². The Morgan fingerprint density at radius 3 is 2.47 bits per heavy atom. The second-order valence-corrected chi connectivity index (χ2v) is 6.24. The molecule has 0 bridgehead atoms. The van der Waals surface area contributed by atoms with Crippen LogP contribution in [0.2, 0.25) is 0 Å². The van der Waals surface area contributed by atoms with Gasteiger partial charge in [0.15, 0.2) is 9.84 Å². The SMILES string of the molecule is CCC(C)C(N)CS(=O)(=O)CCCOC. The molecule has 5 heteroatoms. The van der Waals surface area contributed by atoms with Crippen LogP contribution in [0.25, 0.3) is 0 Å². The van der Waals surface area contributed by atoms with E-state index in [1.54, 1.807) is 7.11 Å². The van der Waals surface area contributed by atoms with E-state index in [4.69, 9.17) is 10.5 Å². The van der Waals surface area contributed by atoms with E-state index in [1.807, 2.05) is 13.8 Å². The third kappa shape index (κ3) is 6.87. The maximum Gasteiger partial charge on any atom is 0.151 e. The number of hydrogen-bond acceptors (Lipinski definition) is 4.